The lowest BCUT2D eigenvalue weighted by Gasteiger charge is -2.05. The Morgan fingerprint density at radius 3 is 2.84 bits per heavy atom. The molecule has 0 amide bonds. The van der Waals surface area contributed by atoms with Gasteiger partial charge in [0.15, 0.2) is 0 Å². The van der Waals surface area contributed by atoms with Crippen LogP contribution >= 0.6 is 0 Å². The largest absolute Gasteiger partial charge is 0.368 e. The number of hydrogen-bond donors (Lipinski definition) is 2. The number of anilines is 2. The van der Waals surface area contributed by atoms with Crippen molar-refractivity contribution in [3.8, 4) is 0 Å². The number of aromatic nitrogens is 3. The molecule has 0 bridgehead atoms. The Labute approximate surface area is 113 Å². The second-order valence-electron chi connectivity index (χ2n) is 5.22. The van der Waals surface area contributed by atoms with E-state index in [2.05, 4.69) is 54.4 Å². The maximum atomic E-state index is 5.88. The van der Waals surface area contributed by atoms with Crippen molar-refractivity contribution in [1.82, 2.24) is 14.8 Å². The molecule has 0 fully saturated rings. The highest BCUT2D eigenvalue weighted by molar-refractivity contribution is 5.32. The zero-order valence-electron chi connectivity index (χ0n) is 11.7. The quantitative estimate of drug-likeness (QED) is 0.864. The van der Waals surface area contributed by atoms with Crippen molar-refractivity contribution in [2.75, 3.05) is 17.6 Å². The van der Waals surface area contributed by atoms with E-state index in [9.17, 15) is 0 Å². The molecular formula is C14H21N5. The second-order valence-corrected chi connectivity index (χ2v) is 5.22. The van der Waals surface area contributed by atoms with Gasteiger partial charge in [0.25, 0.3) is 0 Å². The minimum Gasteiger partial charge on any atom is -0.368 e. The smallest absolute Gasteiger partial charge is 0.243 e. The summed E-state index contributed by atoms with van der Waals surface area (Å²) in [4.78, 5) is 4.22. The van der Waals surface area contributed by atoms with E-state index < -0.39 is 0 Å². The summed E-state index contributed by atoms with van der Waals surface area (Å²) < 4.78 is 1.72. The molecule has 5 nitrogen and oxygen atoms in total. The fourth-order valence-corrected chi connectivity index (χ4v) is 1.82. The van der Waals surface area contributed by atoms with Crippen molar-refractivity contribution in [3.63, 3.8) is 0 Å². The van der Waals surface area contributed by atoms with Crippen LogP contribution in [0.4, 0.5) is 11.9 Å². The summed E-state index contributed by atoms with van der Waals surface area (Å²) >= 11 is 0. The van der Waals surface area contributed by atoms with E-state index in [1.54, 1.807) is 4.68 Å². The molecule has 0 saturated heterocycles. The SMILES string of the molecule is Cc1cccc(Cn2nc(NCC(C)C)nc2N)c1. The van der Waals surface area contributed by atoms with Crippen LogP contribution < -0.4 is 11.1 Å². The number of nitrogen functional groups attached to an aromatic ring is 1. The summed E-state index contributed by atoms with van der Waals surface area (Å²) in [6.45, 7) is 7.84. The Bertz CT molecular complexity index is 545. The molecule has 0 atom stereocenters. The van der Waals surface area contributed by atoms with Crippen molar-refractivity contribution in [1.29, 1.82) is 0 Å². The summed E-state index contributed by atoms with van der Waals surface area (Å²) in [5.74, 6) is 1.58. The molecule has 0 spiro atoms. The summed E-state index contributed by atoms with van der Waals surface area (Å²) in [6.07, 6.45) is 0. The summed E-state index contributed by atoms with van der Waals surface area (Å²) in [5, 5.41) is 7.56. The maximum Gasteiger partial charge on any atom is 0.243 e. The molecule has 1 aromatic carbocycles. The zero-order valence-corrected chi connectivity index (χ0v) is 11.7. The first-order chi connectivity index (χ1) is 9.04. The van der Waals surface area contributed by atoms with Gasteiger partial charge in [-0.3, -0.25) is 0 Å². The molecule has 2 aromatic rings. The summed E-state index contributed by atoms with van der Waals surface area (Å²) in [7, 11) is 0. The molecule has 0 aliphatic carbocycles. The van der Waals surface area contributed by atoms with Crippen LogP contribution in [0.1, 0.15) is 25.0 Å². The molecule has 1 heterocycles. The highest BCUT2D eigenvalue weighted by atomic mass is 15.4. The Kier molecular flexibility index (Phi) is 4.04. The van der Waals surface area contributed by atoms with Crippen LogP contribution in [0.25, 0.3) is 0 Å². The third kappa shape index (κ3) is 3.71. The molecular weight excluding hydrogens is 238 g/mol. The number of nitrogens with two attached hydrogens (primary N) is 1. The predicted octanol–water partition coefficient (Wildman–Crippen LogP) is 2.28. The molecule has 0 radical (unpaired) electrons. The van der Waals surface area contributed by atoms with E-state index in [1.807, 2.05) is 6.07 Å². The van der Waals surface area contributed by atoms with Gasteiger partial charge in [-0.05, 0) is 18.4 Å². The van der Waals surface area contributed by atoms with Crippen LogP contribution in [-0.2, 0) is 6.54 Å². The van der Waals surface area contributed by atoms with Crippen LogP contribution in [-0.4, -0.2) is 21.3 Å². The normalized spacial score (nSPS) is 10.9. The highest BCUT2D eigenvalue weighted by Crippen LogP contribution is 2.11. The number of benzene rings is 1. The molecule has 0 saturated carbocycles. The molecule has 3 N–H and O–H groups in total. The molecule has 0 aliphatic rings. The second kappa shape index (κ2) is 5.73. The number of aryl methyl sites for hydroxylation is 1. The first-order valence-electron chi connectivity index (χ1n) is 6.54. The minimum atomic E-state index is 0.438. The van der Waals surface area contributed by atoms with E-state index in [0.29, 0.717) is 24.4 Å². The van der Waals surface area contributed by atoms with E-state index in [-0.39, 0.29) is 0 Å². The van der Waals surface area contributed by atoms with Gasteiger partial charge in [0, 0.05) is 6.54 Å². The molecule has 2 rings (SSSR count). The Morgan fingerprint density at radius 2 is 2.16 bits per heavy atom. The number of rotatable bonds is 5. The van der Waals surface area contributed by atoms with E-state index in [0.717, 1.165) is 6.54 Å². The number of hydrogen-bond acceptors (Lipinski definition) is 4. The lowest BCUT2D eigenvalue weighted by molar-refractivity contribution is 0.672. The molecule has 102 valence electrons. The number of nitrogens with one attached hydrogen (secondary N) is 1. The fraction of sp³-hybridized carbons (Fsp3) is 0.429. The first kappa shape index (κ1) is 13.4. The number of nitrogens with zero attached hydrogens (tertiary/aromatic N) is 3. The van der Waals surface area contributed by atoms with Gasteiger partial charge < -0.3 is 11.1 Å². The zero-order chi connectivity index (χ0) is 13.8. The molecule has 0 aliphatic heterocycles. The van der Waals surface area contributed by atoms with Crippen LogP contribution in [0.15, 0.2) is 24.3 Å². The average Bonchev–Trinajstić information content (AvgIpc) is 2.68. The Hall–Kier alpha value is -2.04. The molecule has 5 heteroatoms. The standard InChI is InChI=1S/C14H21N5/c1-10(2)8-16-14-17-13(15)19(18-14)9-12-6-4-5-11(3)7-12/h4-7,10H,8-9H2,1-3H3,(H3,15,16,17,18). The van der Waals surface area contributed by atoms with Crippen LogP contribution in [0.2, 0.25) is 0 Å². The van der Waals surface area contributed by atoms with Crippen molar-refractivity contribution >= 4 is 11.9 Å². The van der Waals surface area contributed by atoms with E-state index in [1.165, 1.54) is 11.1 Å². The third-order valence-electron chi connectivity index (χ3n) is 2.78. The highest BCUT2D eigenvalue weighted by Gasteiger charge is 2.07. The molecule has 0 unspecified atom stereocenters. The molecule has 1 aromatic heterocycles. The monoisotopic (exact) mass is 259 g/mol. The van der Waals surface area contributed by atoms with Crippen molar-refractivity contribution in [2.24, 2.45) is 5.92 Å². The Balaban J connectivity index is 2.08. The first-order valence-corrected chi connectivity index (χ1v) is 6.54. The van der Waals surface area contributed by atoms with E-state index >= 15 is 0 Å². The van der Waals surface area contributed by atoms with Crippen molar-refractivity contribution in [3.05, 3.63) is 35.4 Å². The topological polar surface area (TPSA) is 68.8 Å². The lowest BCUT2D eigenvalue weighted by atomic mass is 10.1. The van der Waals surface area contributed by atoms with Crippen LogP contribution in [0.5, 0.6) is 0 Å². The van der Waals surface area contributed by atoms with Gasteiger partial charge in [-0.1, -0.05) is 43.7 Å². The molecule has 19 heavy (non-hydrogen) atoms. The lowest BCUT2D eigenvalue weighted by Crippen LogP contribution is -2.10. The predicted molar refractivity (Wildman–Crippen MR) is 78.0 cm³/mol. The van der Waals surface area contributed by atoms with Gasteiger partial charge in [0.2, 0.25) is 11.9 Å². The van der Waals surface area contributed by atoms with Crippen molar-refractivity contribution < 1.29 is 0 Å². The average molecular weight is 259 g/mol. The van der Waals surface area contributed by atoms with Gasteiger partial charge in [-0.15, -0.1) is 5.10 Å². The van der Waals surface area contributed by atoms with Gasteiger partial charge in [0.1, 0.15) is 0 Å². The summed E-state index contributed by atoms with van der Waals surface area (Å²) in [6, 6.07) is 8.30. The third-order valence-corrected chi connectivity index (χ3v) is 2.78. The van der Waals surface area contributed by atoms with Crippen molar-refractivity contribution in [2.45, 2.75) is 27.3 Å². The van der Waals surface area contributed by atoms with Crippen LogP contribution in [0.3, 0.4) is 0 Å². The van der Waals surface area contributed by atoms with Crippen LogP contribution in [0, 0.1) is 12.8 Å². The van der Waals surface area contributed by atoms with Gasteiger partial charge >= 0.3 is 0 Å². The minimum absolute atomic E-state index is 0.438. The fourth-order valence-electron chi connectivity index (χ4n) is 1.82. The Morgan fingerprint density at radius 1 is 1.37 bits per heavy atom. The summed E-state index contributed by atoms with van der Waals surface area (Å²) in [5.41, 5.74) is 8.29. The van der Waals surface area contributed by atoms with E-state index in [4.69, 9.17) is 5.73 Å². The van der Waals surface area contributed by atoms with Gasteiger partial charge in [-0.2, -0.15) is 4.98 Å². The van der Waals surface area contributed by atoms with Gasteiger partial charge in [0.05, 0.1) is 6.54 Å². The maximum absolute atomic E-state index is 5.88. The van der Waals surface area contributed by atoms with Gasteiger partial charge in [-0.25, -0.2) is 4.68 Å².